The summed E-state index contributed by atoms with van der Waals surface area (Å²) in [5.74, 6) is 1.23. The Hall–Kier alpha value is -1.30. The molecule has 1 fully saturated rings. The summed E-state index contributed by atoms with van der Waals surface area (Å²) in [6.07, 6.45) is 2.24. The van der Waals surface area contributed by atoms with E-state index in [1.807, 2.05) is 36.2 Å². The second kappa shape index (κ2) is 10.5. The molecule has 1 aliphatic rings. The topological polar surface area (TPSA) is 50.8 Å². The van der Waals surface area contributed by atoms with E-state index in [-0.39, 0.29) is 18.3 Å². The lowest BCUT2D eigenvalue weighted by atomic mass is 9.97. The van der Waals surface area contributed by atoms with E-state index in [9.17, 15) is 4.79 Å². The molecule has 1 amide bonds. The van der Waals surface area contributed by atoms with Crippen molar-refractivity contribution in [2.75, 3.05) is 47.0 Å². The van der Waals surface area contributed by atoms with Crippen LogP contribution in [-0.2, 0) is 4.74 Å². The van der Waals surface area contributed by atoms with Crippen LogP contribution in [0.4, 0.5) is 0 Å². The number of ether oxygens (including phenoxy) is 2. The summed E-state index contributed by atoms with van der Waals surface area (Å²) in [4.78, 5) is 14.7. The highest BCUT2D eigenvalue weighted by Crippen LogP contribution is 2.23. The number of halogens is 1. The van der Waals surface area contributed by atoms with Crippen LogP contribution in [0.25, 0.3) is 0 Å². The first-order valence-corrected chi connectivity index (χ1v) is 7.91. The average Bonchev–Trinajstić information content (AvgIpc) is 2.55. The molecule has 23 heavy (non-hydrogen) atoms. The van der Waals surface area contributed by atoms with Gasteiger partial charge in [-0.2, -0.15) is 0 Å². The molecule has 0 aromatic heterocycles. The van der Waals surface area contributed by atoms with E-state index in [0.29, 0.717) is 30.4 Å². The summed E-state index contributed by atoms with van der Waals surface area (Å²) in [6, 6.07) is 7.45. The van der Waals surface area contributed by atoms with Crippen molar-refractivity contribution < 1.29 is 14.3 Å². The molecule has 1 atom stereocenters. The van der Waals surface area contributed by atoms with Crippen LogP contribution in [-0.4, -0.2) is 57.8 Å². The van der Waals surface area contributed by atoms with E-state index < -0.39 is 0 Å². The fourth-order valence-corrected chi connectivity index (χ4v) is 2.88. The number of nitrogens with one attached hydrogen (secondary N) is 1. The van der Waals surface area contributed by atoms with Gasteiger partial charge in [-0.15, -0.1) is 12.4 Å². The van der Waals surface area contributed by atoms with Crippen LogP contribution in [0.2, 0.25) is 0 Å². The summed E-state index contributed by atoms with van der Waals surface area (Å²) in [5.41, 5.74) is 0.642. The van der Waals surface area contributed by atoms with E-state index >= 15 is 0 Å². The fraction of sp³-hybridized carbons (Fsp3) is 0.588. The Morgan fingerprint density at radius 3 is 2.87 bits per heavy atom. The highest BCUT2D eigenvalue weighted by atomic mass is 35.5. The Bertz CT molecular complexity index is 483. The van der Waals surface area contributed by atoms with Crippen molar-refractivity contribution in [3.63, 3.8) is 0 Å². The van der Waals surface area contributed by atoms with Crippen molar-refractivity contribution in [2.45, 2.75) is 12.8 Å². The first-order chi connectivity index (χ1) is 10.8. The minimum Gasteiger partial charge on any atom is -0.490 e. The van der Waals surface area contributed by atoms with Crippen LogP contribution in [0.5, 0.6) is 5.75 Å². The van der Waals surface area contributed by atoms with Gasteiger partial charge in [-0.05, 0) is 44.5 Å². The standard InChI is InChI=1S/C17H26N2O3.ClH/c1-18-12-14-6-5-9-19(13-14)17(20)15-7-3-4-8-16(15)22-11-10-21-2;/h3-4,7-8,14,18H,5-6,9-13H2,1-2H3;1H. The van der Waals surface area contributed by atoms with Gasteiger partial charge < -0.3 is 19.7 Å². The number of nitrogens with zero attached hydrogens (tertiary/aromatic N) is 1. The summed E-state index contributed by atoms with van der Waals surface area (Å²) in [5, 5.41) is 3.21. The number of amides is 1. The van der Waals surface area contributed by atoms with Gasteiger partial charge in [0, 0.05) is 20.2 Å². The van der Waals surface area contributed by atoms with Gasteiger partial charge in [-0.3, -0.25) is 4.79 Å². The first kappa shape index (κ1) is 19.7. The number of rotatable bonds is 7. The lowest BCUT2D eigenvalue weighted by molar-refractivity contribution is 0.0667. The number of likely N-dealkylation sites (tertiary alicyclic amines) is 1. The van der Waals surface area contributed by atoms with Crippen LogP contribution in [0.1, 0.15) is 23.2 Å². The van der Waals surface area contributed by atoms with Crippen LogP contribution >= 0.6 is 12.4 Å². The Balaban J connectivity index is 0.00000264. The predicted molar refractivity (Wildman–Crippen MR) is 93.6 cm³/mol. The second-order valence-corrected chi connectivity index (χ2v) is 5.65. The maximum Gasteiger partial charge on any atom is 0.257 e. The third-order valence-electron chi connectivity index (χ3n) is 3.96. The quantitative estimate of drug-likeness (QED) is 0.772. The molecule has 0 bridgehead atoms. The first-order valence-electron chi connectivity index (χ1n) is 7.91. The minimum absolute atomic E-state index is 0. The van der Waals surface area contributed by atoms with E-state index in [2.05, 4.69) is 5.32 Å². The molecular formula is C17H27ClN2O3. The number of methoxy groups -OCH3 is 1. The van der Waals surface area contributed by atoms with E-state index in [1.165, 1.54) is 6.42 Å². The molecule has 1 saturated heterocycles. The summed E-state index contributed by atoms with van der Waals surface area (Å²) in [7, 11) is 3.59. The Morgan fingerprint density at radius 2 is 2.13 bits per heavy atom. The molecule has 0 spiro atoms. The zero-order valence-electron chi connectivity index (χ0n) is 13.9. The summed E-state index contributed by atoms with van der Waals surface area (Å²) >= 11 is 0. The lowest BCUT2D eigenvalue weighted by Crippen LogP contribution is -2.42. The van der Waals surface area contributed by atoms with Gasteiger partial charge in [-0.1, -0.05) is 12.1 Å². The molecule has 1 heterocycles. The maximum absolute atomic E-state index is 12.8. The number of hydrogen-bond acceptors (Lipinski definition) is 4. The molecule has 2 rings (SSSR count). The van der Waals surface area contributed by atoms with E-state index in [0.717, 1.165) is 26.1 Å². The van der Waals surface area contributed by atoms with Gasteiger partial charge in [0.2, 0.25) is 0 Å². The van der Waals surface area contributed by atoms with E-state index in [4.69, 9.17) is 9.47 Å². The minimum atomic E-state index is 0. The summed E-state index contributed by atoms with van der Waals surface area (Å²) in [6.45, 7) is 3.55. The normalized spacial score (nSPS) is 17.5. The molecule has 6 heteroatoms. The second-order valence-electron chi connectivity index (χ2n) is 5.65. The largest absolute Gasteiger partial charge is 0.490 e. The third-order valence-corrected chi connectivity index (χ3v) is 3.96. The van der Waals surface area contributed by atoms with E-state index in [1.54, 1.807) is 7.11 Å². The van der Waals surface area contributed by atoms with Crippen molar-refractivity contribution in [1.82, 2.24) is 10.2 Å². The molecule has 130 valence electrons. The number of benzene rings is 1. The maximum atomic E-state index is 12.8. The zero-order chi connectivity index (χ0) is 15.8. The Morgan fingerprint density at radius 1 is 1.35 bits per heavy atom. The average molecular weight is 343 g/mol. The van der Waals surface area contributed by atoms with Gasteiger partial charge in [0.1, 0.15) is 12.4 Å². The van der Waals surface area contributed by atoms with Crippen molar-refractivity contribution in [2.24, 2.45) is 5.92 Å². The van der Waals surface area contributed by atoms with Crippen LogP contribution in [0, 0.1) is 5.92 Å². The van der Waals surface area contributed by atoms with Crippen molar-refractivity contribution in [3.05, 3.63) is 29.8 Å². The molecule has 1 aromatic carbocycles. The fourth-order valence-electron chi connectivity index (χ4n) is 2.88. The van der Waals surface area contributed by atoms with Crippen molar-refractivity contribution >= 4 is 18.3 Å². The number of carbonyl (C=O) groups is 1. The number of para-hydroxylation sites is 1. The van der Waals surface area contributed by atoms with Crippen molar-refractivity contribution in [1.29, 1.82) is 0 Å². The molecule has 1 aliphatic heterocycles. The van der Waals surface area contributed by atoms with Gasteiger partial charge in [0.25, 0.3) is 5.91 Å². The third kappa shape index (κ3) is 5.68. The zero-order valence-corrected chi connectivity index (χ0v) is 14.7. The Labute approximate surface area is 144 Å². The summed E-state index contributed by atoms with van der Waals surface area (Å²) < 4.78 is 10.7. The Kier molecular flexibility index (Phi) is 8.99. The SMILES string of the molecule is CNCC1CCCN(C(=O)c2ccccc2OCCOC)C1.Cl. The highest BCUT2D eigenvalue weighted by molar-refractivity contribution is 5.97. The van der Waals surface area contributed by atoms with Gasteiger partial charge in [0.05, 0.1) is 12.2 Å². The molecule has 1 N–H and O–H groups in total. The predicted octanol–water partition coefficient (Wildman–Crippen LogP) is 2.21. The molecule has 0 aliphatic carbocycles. The molecule has 0 saturated carbocycles. The monoisotopic (exact) mass is 342 g/mol. The van der Waals surface area contributed by atoms with Crippen LogP contribution in [0.15, 0.2) is 24.3 Å². The number of hydrogen-bond donors (Lipinski definition) is 1. The van der Waals surface area contributed by atoms with Crippen LogP contribution in [0.3, 0.4) is 0 Å². The smallest absolute Gasteiger partial charge is 0.257 e. The molecule has 1 unspecified atom stereocenters. The lowest BCUT2D eigenvalue weighted by Gasteiger charge is -2.33. The van der Waals surface area contributed by atoms with Gasteiger partial charge in [0.15, 0.2) is 0 Å². The van der Waals surface area contributed by atoms with Gasteiger partial charge >= 0.3 is 0 Å². The molecular weight excluding hydrogens is 316 g/mol. The van der Waals surface area contributed by atoms with Crippen LogP contribution < -0.4 is 10.1 Å². The molecule has 0 radical (unpaired) electrons. The highest BCUT2D eigenvalue weighted by Gasteiger charge is 2.25. The number of carbonyl (C=O) groups excluding carboxylic acids is 1. The molecule has 1 aromatic rings. The number of piperidine rings is 1. The van der Waals surface area contributed by atoms with Gasteiger partial charge in [-0.25, -0.2) is 0 Å². The van der Waals surface area contributed by atoms with Crippen molar-refractivity contribution in [3.8, 4) is 5.75 Å². The molecule has 5 nitrogen and oxygen atoms in total.